The number of hydrogen-bond donors (Lipinski definition) is 1. The van der Waals surface area contributed by atoms with Gasteiger partial charge in [-0.25, -0.2) is 0 Å². The summed E-state index contributed by atoms with van der Waals surface area (Å²) >= 11 is 0.606. The van der Waals surface area contributed by atoms with E-state index in [4.69, 9.17) is 0 Å². The van der Waals surface area contributed by atoms with Gasteiger partial charge in [-0.2, -0.15) is 0 Å². The molecule has 0 aromatic carbocycles. The first-order valence-electron chi connectivity index (χ1n) is 13.1. The van der Waals surface area contributed by atoms with Gasteiger partial charge in [0, 0.05) is 0 Å². The third kappa shape index (κ3) is 3.90. The van der Waals surface area contributed by atoms with Gasteiger partial charge in [-0.3, -0.25) is 0 Å². The van der Waals surface area contributed by atoms with Crippen molar-refractivity contribution in [3.8, 4) is 0 Å². The molecule has 0 amide bonds. The van der Waals surface area contributed by atoms with Crippen molar-refractivity contribution in [2.24, 2.45) is 46.3 Å². The molecule has 0 aliphatic heterocycles. The van der Waals surface area contributed by atoms with E-state index in [0.29, 0.717) is 25.8 Å². The van der Waals surface area contributed by atoms with Crippen molar-refractivity contribution in [2.75, 3.05) is 0 Å². The van der Waals surface area contributed by atoms with Crippen LogP contribution in [0.4, 0.5) is 0 Å². The van der Waals surface area contributed by atoms with Gasteiger partial charge in [0.05, 0.1) is 0 Å². The van der Waals surface area contributed by atoms with Crippen LogP contribution in [0.25, 0.3) is 0 Å². The van der Waals surface area contributed by atoms with Gasteiger partial charge in [-0.15, -0.1) is 0 Å². The molecule has 4 aliphatic carbocycles. The second-order valence-corrected chi connectivity index (χ2v) is 14.4. The van der Waals surface area contributed by atoms with Crippen molar-refractivity contribution in [2.45, 2.75) is 117 Å². The Bertz CT molecular complexity index is 653. The molecule has 0 saturated heterocycles. The first-order valence-corrected chi connectivity index (χ1v) is 15.7. The Morgan fingerprint density at radius 2 is 1.73 bits per heavy atom. The fourth-order valence-electron chi connectivity index (χ4n) is 8.96. The molecule has 0 heterocycles. The normalized spacial score (nSPS) is 44.6. The van der Waals surface area contributed by atoms with Gasteiger partial charge in [0.1, 0.15) is 0 Å². The van der Waals surface area contributed by atoms with Gasteiger partial charge >= 0.3 is 194 Å². The van der Waals surface area contributed by atoms with Crippen LogP contribution in [0.2, 0.25) is 5.82 Å². The molecule has 3 fully saturated rings. The molecule has 0 unspecified atom stereocenters. The van der Waals surface area contributed by atoms with Crippen LogP contribution in [0, 0.1) is 46.3 Å². The summed E-state index contributed by atoms with van der Waals surface area (Å²) in [5.74, 6) is 7.92. The van der Waals surface area contributed by atoms with Gasteiger partial charge in [-0.1, -0.05) is 0 Å². The summed E-state index contributed by atoms with van der Waals surface area (Å²) < 4.78 is 1.81. The van der Waals surface area contributed by atoms with Crippen LogP contribution in [0.1, 0.15) is 105 Å². The van der Waals surface area contributed by atoms with Gasteiger partial charge in [0.2, 0.25) is 0 Å². The number of aliphatic hydroxyl groups excluding tert-OH is 1. The molecule has 172 valence electrons. The van der Waals surface area contributed by atoms with E-state index < -0.39 is 0 Å². The van der Waals surface area contributed by atoms with Gasteiger partial charge in [-0.05, 0) is 0 Å². The van der Waals surface area contributed by atoms with Crippen LogP contribution < -0.4 is 0 Å². The molecule has 4 rings (SSSR count). The maximum absolute atomic E-state index is 10.4. The van der Waals surface area contributed by atoms with E-state index in [1.807, 2.05) is 4.47 Å². The van der Waals surface area contributed by atoms with E-state index in [9.17, 15) is 5.11 Å². The molecule has 2 heteroatoms. The quantitative estimate of drug-likeness (QED) is 0.396. The molecule has 0 aromatic rings. The van der Waals surface area contributed by atoms with Gasteiger partial charge in [0.15, 0.2) is 0 Å². The average Bonchev–Trinajstić information content (AvgIpc) is 3.05. The van der Waals surface area contributed by atoms with E-state index in [2.05, 4.69) is 40.4 Å². The van der Waals surface area contributed by atoms with E-state index in [-0.39, 0.29) is 6.10 Å². The number of fused-ring (bicyclic) bond motifs is 5. The second kappa shape index (κ2) is 8.87. The van der Waals surface area contributed by atoms with Crippen molar-refractivity contribution in [1.29, 1.82) is 0 Å². The minimum absolute atomic E-state index is 0.0709. The van der Waals surface area contributed by atoms with Crippen molar-refractivity contribution < 1.29 is 5.11 Å². The molecular weight excluding hydrogens is 426 g/mol. The Balaban J connectivity index is 1.55. The number of rotatable bonds is 6. The Morgan fingerprint density at radius 3 is 2.43 bits per heavy atom. The first-order chi connectivity index (χ1) is 14.2. The topological polar surface area (TPSA) is 20.2 Å². The standard InChI is InChI=1S/C28H48OSe/c1-18(2)8-7-9-19(3)22-10-11-23-21-17-26(30-6)25-16-20(29)12-14-28(25,5)24(21)13-15-27(22,23)4/h18-24,29H,7-17H2,1-6H3/t19-,20+,21+,22-,23+,24+,27-,28-/m1/s1/i30-5. The summed E-state index contributed by atoms with van der Waals surface area (Å²) in [5, 5.41) is 10.4. The fourth-order valence-corrected chi connectivity index (χ4v) is 10.9. The molecule has 3 saturated carbocycles. The molecule has 1 nitrogen and oxygen atoms in total. The average molecular weight is 475 g/mol. The zero-order valence-electron chi connectivity index (χ0n) is 20.7. The monoisotopic (exact) mass is 474 g/mol. The van der Waals surface area contributed by atoms with Gasteiger partial charge in [0.25, 0.3) is 0 Å². The molecule has 0 radical (unpaired) electrons. The summed E-state index contributed by atoms with van der Waals surface area (Å²) in [5.41, 5.74) is 2.72. The zero-order chi connectivity index (χ0) is 21.7. The predicted octanol–water partition coefficient (Wildman–Crippen LogP) is 7.47. The van der Waals surface area contributed by atoms with E-state index in [0.717, 1.165) is 48.3 Å². The van der Waals surface area contributed by atoms with Crippen molar-refractivity contribution >= 4 is 15.0 Å². The summed E-state index contributed by atoms with van der Waals surface area (Å²) in [6.45, 7) is 12.7. The summed E-state index contributed by atoms with van der Waals surface area (Å²) in [4.78, 5) is 0. The Hall–Kier alpha value is 0.219. The van der Waals surface area contributed by atoms with Crippen molar-refractivity contribution in [3.05, 3.63) is 10.0 Å². The van der Waals surface area contributed by atoms with Crippen molar-refractivity contribution in [1.82, 2.24) is 0 Å². The molecule has 0 spiro atoms. The van der Waals surface area contributed by atoms with Crippen LogP contribution in [-0.4, -0.2) is 26.2 Å². The van der Waals surface area contributed by atoms with Crippen LogP contribution in [0.3, 0.4) is 0 Å². The minimum atomic E-state index is -0.0709. The van der Waals surface area contributed by atoms with Crippen LogP contribution in [0.5, 0.6) is 0 Å². The molecule has 1 N–H and O–H groups in total. The van der Waals surface area contributed by atoms with Crippen LogP contribution in [-0.2, 0) is 0 Å². The van der Waals surface area contributed by atoms with Crippen LogP contribution in [0.15, 0.2) is 10.0 Å². The predicted molar refractivity (Wildman–Crippen MR) is 130 cm³/mol. The van der Waals surface area contributed by atoms with Crippen LogP contribution >= 0.6 is 0 Å². The first kappa shape index (κ1) is 23.4. The molecule has 30 heavy (non-hydrogen) atoms. The fraction of sp³-hybridized carbons (Fsp3) is 0.929. The number of hydrogen-bond acceptors (Lipinski definition) is 1. The third-order valence-corrected chi connectivity index (χ3v) is 12.5. The Morgan fingerprint density at radius 1 is 0.967 bits per heavy atom. The zero-order valence-corrected chi connectivity index (χ0v) is 22.4. The Kier molecular flexibility index (Phi) is 6.91. The summed E-state index contributed by atoms with van der Waals surface area (Å²) in [6.07, 6.45) is 14.8. The maximum atomic E-state index is 10.4. The molecule has 4 aliphatic rings. The third-order valence-electron chi connectivity index (χ3n) is 10.6. The van der Waals surface area contributed by atoms with E-state index in [1.165, 1.54) is 57.8 Å². The van der Waals surface area contributed by atoms with E-state index >= 15 is 0 Å². The summed E-state index contributed by atoms with van der Waals surface area (Å²) in [6, 6.07) is 0. The molecule has 0 bridgehead atoms. The SMILES string of the molecule is C[74Se]C1=C2C[C@@H](O)CC[C@]2(C)[C@H]2CC[C@]3(C)[C@@H]([C@H](C)CCCC(C)C)CC[C@H]3[C@@H]2C1. The molecule has 0 aromatic heterocycles. The second-order valence-electron chi connectivity index (χ2n) is 12.5. The van der Waals surface area contributed by atoms with E-state index in [1.54, 1.807) is 5.57 Å². The molecular formula is C28H48OSe. The number of allylic oxidation sites excluding steroid dienone is 1. The summed E-state index contributed by atoms with van der Waals surface area (Å²) in [7, 11) is 0. The number of aliphatic hydroxyl groups is 1. The molecule has 8 atom stereocenters. The Labute approximate surface area is 193 Å². The van der Waals surface area contributed by atoms with Gasteiger partial charge < -0.3 is 0 Å². The van der Waals surface area contributed by atoms with Crippen molar-refractivity contribution in [3.63, 3.8) is 0 Å².